The Balaban J connectivity index is 3.04. The van der Waals surface area contributed by atoms with Gasteiger partial charge >= 0.3 is 5.69 Å². The van der Waals surface area contributed by atoms with Crippen molar-refractivity contribution in [3.8, 4) is 0 Å². The van der Waals surface area contributed by atoms with Crippen molar-refractivity contribution in [2.24, 2.45) is 7.05 Å². The third kappa shape index (κ3) is 2.66. The number of aryl methyl sites for hydroxylation is 1. The third-order valence-electron chi connectivity index (χ3n) is 1.76. The summed E-state index contributed by atoms with van der Waals surface area (Å²) >= 11 is 0. The van der Waals surface area contributed by atoms with Crippen molar-refractivity contribution in [1.29, 1.82) is 0 Å². The van der Waals surface area contributed by atoms with Crippen LogP contribution in [0, 0.1) is 10.1 Å². The molecule has 0 amide bonds. The molecule has 86 valence electrons. The summed E-state index contributed by atoms with van der Waals surface area (Å²) in [5, 5.41) is 14.4. The minimum absolute atomic E-state index is 0.148. The van der Waals surface area contributed by atoms with Crippen LogP contribution < -0.4 is 0 Å². The van der Waals surface area contributed by atoms with Gasteiger partial charge in [-0.2, -0.15) is 5.10 Å². The van der Waals surface area contributed by atoms with Crippen molar-refractivity contribution in [1.82, 2.24) is 14.7 Å². The van der Waals surface area contributed by atoms with Gasteiger partial charge in [0, 0.05) is 33.4 Å². The fourth-order valence-electron chi connectivity index (χ4n) is 1.08. The molecule has 0 saturated heterocycles. The summed E-state index contributed by atoms with van der Waals surface area (Å²) in [6.07, 6.45) is 3.97. The number of ketones is 1. The van der Waals surface area contributed by atoms with Gasteiger partial charge in [0.25, 0.3) is 0 Å². The lowest BCUT2D eigenvalue weighted by molar-refractivity contribution is -0.385. The molecule has 7 heteroatoms. The van der Waals surface area contributed by atoms with Gasteiger partial charge < -0.3 is 4.90 Å². The molecule has 0 aliphatic rings. The molecule has 1 aromatic heterocycles. The highest BCUT2D eigenvalue weighted by Crippen LogP contribution is 2.16. The number of carbonyl (C=O) groups excluding carboxylic acids is 1. The van der Waals surface area contributed by atoms with E-state index in [0.717, 1.165) is 0 Å². The second-order valence-corrected chi connectivity index (χ2v) is 3.44. The molecule has 1 heterocycles. The highest BCUT2D eigenvalue weighted by Gasteiger charge is 2.22. The Kier molecular flexibility index (Phi) is 3.39. The van der Waals surface area contributed by atoms with Gasteiger partial charge in [-0.1, -0.05) is 0 Å². The van der Waals surface area contributed by atoms with Crippen LogP contribution in [0.3, 0.4) is 0 Å². The molecular formula is C9H12N4O3. The molecule has 0 N–H and O–H groups in total. The molecule has 0 radical (unpaired) electrons. The summed E-state index contributed by atoms with van der Waals surface area (Å²) in [5.41, 5.74) is -0.429. The molecule has 0 bridgehead atoms. The minimum atomic E-state index is -0.621. The number of carbonyl (C=O) groups is 1. The Hall–Kier alpha value is -2.18. The topological polar surface area (TPSA) is 81.3 Å². The quantitative estimate of drug-likeness (QED) is 0.323. The number of aromatic nitrogens is 2. The summed E-state index contributed by atoms with van der Waals surface area (Å²) < 4.78 is 1.24. The molecule has 0 saturated carbocycles. The predicted octanol–water partition coefficient (Wildman–Crippen LogP) is 0.586. The molecule has 0 aliphatic heterocycles. The van der Waals surface area contributed by atoms with Gasteiger partial charge in [-0.15, -0.1) is 0 Å². The summed E-state index contributed by atoms with van der Waals surface area (Å²) in [6.45, 7) is 0. The van der Waals surface area contributed by atoms with Crippen molar-refractivity contribution >= 4 is 11.5 Å². The molecule has 0 unspecified atom stereocenters. The smallest absolute Gasteiger partial charge is 0.318 e. The molecule has 7 nitrogen and oxygen atoms in total. The van der Waals surface area contributed by atoms with Crippen LogP contribution in [0.4, 0.5) is 5.69 Å². The van der Waals surface area contributed by atoms with E-state index in [9.17, 15) is 14.9 Å². The van der Waals surface area contributed by atoms with Crippen molar-refractivity contribution in [2.45, 2.75) is 0 Å². The molecule has 16 heavy (non-hydrogen) atoms. The molecule has 1 rings (SSSR count). The molecule has 0 atom stereocenters. The lowest BCUT2D eigenvalue weighted by atomic mass is 10.2. The van der Waals surface area contributed by atoms with E-state index < -0.39 is 10.7 Å². The van der Waals surface area contributed by atoms with Gasteiger partial charge in [0.05, 0.1) is 4.92 Å². The van der Waals surface area contributed by atoms with Crippen LogP contribution in [0.1, 0.15) is 10.5 Å². The second-order valence-electron chi connectivity index (χ2n) is 3.44. The fraction of sp³-hybridized carbons (Fsp3) is 0.333. The second kappa shape index (κ2) is 4.56. The van der Waals surface area contributed by atoms with E-state index in [1.54, 1.807) is 19.0 Å². The Bertz CT molecular complexity index is 448. The lowest BCUT2D eigenvalue weighted by Gasteiger charge is -2.01. The predicted molar refractivity (Wildman–Crippen MR) is 57.0 cm³/mol. The zero-order valence-corrected chi connectivity index (χ0v) is 9.25. The maximum absolute atomic E-state index is 11.6. The monoisotopic (exact) mass is 224 g/mol. The number of hydrogen-bond acceptors (Lipinski definition) is 5. The lowest BCUT2D eigenvalue weighted by Crippen LogP contribution is -2.05. The van der Waals surface area contributed by atoms with Gasteiger partial charge in [0.1, 0.15) is 6.20 Å². The van der Waals surface area contributed by atoms with Crippen molar-refractivity contribution in [3.05, 3.63) is 34.3 Å². The van der Waals surface area contributed by atoms with Crippen molar-refractivity contribution < 1.29 is 9.72 Å². The van der Waals surface area contributed by atoms with Crippen LogP contribution in [0.15, 0.2) is 18.5 Å². The van der Waals surface area contributed by atoms with Crippen LogP contribution in [0.25, 0.3) is 0 Å². The molecule has 0 aromatic carbocycles. The summed E-state index contributed by atoms with van der Waals surface area (Å²) in [7, 11) is 5.02. The van der Waals surface area contributed by atoms with Gasteiger partial charge in [0.2, 0.25) is 11.5 Å². The van der Waals surface area contributed by atoms with Crippen molar-refractivity contribution in [3.63, 3.8) is 0 Å². The van der Waals surface area contributed by atoms with Crippen LogP contribution >= 0.6 is 0 Å². The first-order chi connectivity index (χ1) is 7.41. The Morgan fingerprint density at radius 1 is 1.62 bits per heavy atom. The van der Waals surface area contributed by atoms with Crippen LogP contribution in [-0.2, 0) is 7.05 Å². The number of nitro groups is 1. The van der Waals surface area contributed by atoms with E-state index in [4.69, 9.17) is 0 Å². The number of allylic oxidation sites excluding steroid dienone is 1. The first-order valence-corrected chi connectivity index (χ1v) is 4.49. The normalized spacial score (nSPS) is 10.7. The minimum Gasteiger partial charge on any atom is -0.383 e. The zero-order valence-electron chi connectivity index (χ0n) is 9.25. The van der Waals surface area contributed by atoms with Gasteiger partial charge in [-0.25, -0.2) is 0 Å². The standard InChI is InChI=1S/C9H12N4O3/c1-11(2)5-4-8(14)9-7(13(15)16)6-12(3)10-9/h4-6H,1-3H3/b5-4+. The first-order valence-electron chi connectivity index (χ1n) is 4.49. The molecule has 0 fully saturated rings. The summed E-state index contributed by atoms with van der Waals surface area (Å²) in [4.78, 5) is 23.3. The molecule has 0 aliphatic carbocycles. The van der Waals surface area contributed by atoms with Gasteiger partial charge in [-0.3, -0.25) is 19.6 Å². The maximum atomic E-state index is 11.6. The average molecular weight is 224 g/mol. The van der Waals surface area contributed by atoms with E-state index in [0.29, 0.717) is 0 Å². The zero-order chi connectivity index (χ0) is 12.3. The molecule has 0 spiro atoms. The van der Waals surface area contributed by atoms with Gasteiger partial charge in [0.15, 0.2) is 0 Å². The Morgan fingerprint density at radius 2 is 2.25 bits per heavy atom. The largest absolute Gasteiger partial charge is 0.383 e. The van der Waals surface area contributed by atoms with Crippen LogP contribution in [0.5, 0.6) is 0 Å². The van der Waals surface area contributed by atoms with Gasteiger partial charge in [-0.05, 0) is 0 Å². The SMILES string of the molecule is CN(C)/C=C/C(=O)c1nn(C)cc1[N+](=O)[O-]. The third-order valence-corrected chi connectivity index (χ3v) is 1.76. The van der Waals surface area contributed by atoms with Crippen LogP contribution in [0.2, 0.25) is 0 Å². The molecule has 1 aromatic rings. The van der Waals surface area contributed by atoms with E-state index in [1.807, 2.05) is 0 Å². The van der Waals surface area contributed by atoms with E-state index >= 15 is 0 Å². The summed E-state index contributed by atoms with van der Waals surface area (Å²) in [6, 6.07) is 0. The maximum Gasteiger partial charge on any atom is 0.318 e. The summed E-state index contributed by atoms with van der Waals surface area (Å²) in [5.74, 6) is -0.485. The Labute approximate surface area is 92.1 Å². The molecular weight excluding hydrogens is 212 g/mol. The van der Waals surface area contributed by atoms with Crippen molar-refractivity contribution in [2.75, 3.05) is 14.1 Å². The number of rotatable bonds is 4. The highest BCUT2D eigenvalue weighted by atomic mass is 16.6. The highest BCUT2D eigenvalue weighted by molar-refractivity contribution is 6.05. The Morgan fingerprint density at radius 3 is 2.75 bits per heavy atom. The first kappa shape index (κ1) is 11.9. The average Bonchev–Trinajstić information content (AvgIpc) is 2.56. The number of nitrogens with zero attached hydrogens (tertiary/aromatic N) is 4. The van der Waals surface area contributed by atoms with E-state index in [-0.39, 0.29) is 11.4 Å². The number of hydrogen-bond donors (Lipinski definition) is 0. The van der Waals surface area contributed by atoms with Crippen LogP contribution in [-0.4, -0.2) is 39.5 Å². The van der Waals surface area contributed by atoms with E-state index in [1.165, 1.54) is 30.2 Å². The fourth-order valence-corrected chi connectivity index (χ4v) is 1.08. The van der Waals surface area contributed by atoms with E-state index in [2.05, 4.69) is 5.10 Å².